The lowest BCUT2D eigenvalue weighted by atomic mass is 10.0. The van der Waals surface area contributed by atoms with Gasteiger partial charge in [0.15, 0.2) is 0 Å². The monoisotopic (exact) mass is 287 g/mol. The summed E-state index contributed by atoms with van der Waals surface area (Å²) in [4.78, 5) is 0. The highest BCUT2D eigenvalue weighted by Gasteiger charge is 2.12. The van der Waals surface area contributed by atoms with E-state index in [1.54, 1.807) is 0 Å². The number of unbranched alkanes of at least 4 members (excludes halogenated alkanes) is 1. The van der Waals surface area contributed by atoms with Gasteiger partial charge in [-0.1, -0.05) is 56.8 Å². The van der Waals surface area contributed by atoms with Crippen molar-refractivity contribution in [3.63, 3.8) is 0 Å². The summed E-state index contributed by atoms with van der Waals surface area (Å²) in [5.41, 5.74) is 1.14. The van der Waals surface area contributed by atoms with Gasteiger partial charge in [-0.3, -0.25) is 0 Å². The molecule has 3 heteroatoms. The zero-order chi connectivity index (χ0) is 13.5. The van der Waals surface area contributed by atoms with Gasteiger partial charge in [0, 0.05) is 22.1 Å². The highest BCUT2D eigenvalue weighted by Crippen LogP contribution is 2.23. The van der Waals surface area contributed by atoms with Gasteiger partial charge in [0.05, 0.1) is 0 Å². The molecule has 102 valence electrons. The third kappa shape index (κ3) is 5.60. The third-order valence-electron chi connectivity index (χ3n) is 2.95. The van der Waals surface area contributed by atoms with E-state index in [2.05, 4.69) is 26.1 Å². The molecule has 1 aromatic carbocycles. The van der Waals surface area contributed by atoms with Crippen LogP contribution in [0.5, 0.6) is 0 Å². The Balaban J connectivity index is 2.71. The summed E-state index contributed by atoms with van der Waals surface area (Å²) in [6.07, 6.45) is 4.58. The average Bonchev–Trinajstić information content (AvgIpc) is 2.30. The van der Waals surface area contributed by atoms with Crippen LogP contribution < -0.4 is 5.32 Å². The molecule has 0 heterocycles. The second-order valence-electron chi connectivity index (χ2n) is 5.10. The Morgan fingerprint density at radius 3 is 2.56 bits per heavy atom. The molecule has 0 bridgehead atoms. The summed E-state index contributed by atoms with van der Waals surface area (Å²) in [5, 5.41) is 5.18. The molecular formula is C15H23Cl2N. The van der Waals surface area contributed by atoms with E-state index in [0.717, 1.165) is 22.0 Å². The molecule has 0 spiro atoms. The van der Waals surface area contributed by atoms with Crippen LogP contribution in [0.3, 0.4) is 0 Å². The van der Waals surface area contributed by atoms with Gasteiger partial charge in [0.2, 0.25) is 0 Å². The molecule has 0 aliphatic heterocycles. The number of rotatable bonds is 7. The summed E-state index contributed by atoms with van der Waals surface area (Å²) in [6, 6.07) is 6.66. The Labute approximate surface area is 121 Å². The van der Waals surface area contributed by atoms with Crippen LogP contribution >= 0.6 is 23.2 Å². The SMILES string of the molecule is CCCCC(Cc1cc(Cl)ccc1Cl)NC(C)C. The van der Waals surface area contributed by atoms with E-state index in [9.17, 15) is 0 Å². The van der Waals surface area contributed by atoms with Gasteiger partial charge in [0.25, 0.3) is 0 Å². The van der Waals surface area contributed by atoms with Gasteiger partial charge in [-0.2, -0.15) is 0 Å². The minimum absolute atomic E-state index is 0.473. The quantitative estimate of drug-likeness (QED) is 0.736. The largest absolute Gasteiger partial charge is 0.311 e. The highest BCUT2D eigenvalue weighted by molar-refractivity contribution is 6.33. The molecule has 1 nitrogen and oxygen atoms in total. The van der Waals surface area contributed by atoms with Crippen LogP contribution in [0.2, 0.25) is 10.0 Å². The highest BCUT2D eigenvalue weighted by atomic mass is 35.5. The van der Waals surface area contributed by atoms with Crippen molar-refractivity contribution < 1.29 is 0 Å². The van der Waals surface area contributed by atoms with E-state index in [0.29, 0.717) is 12.1 Å². The molecule has 1 aromatic rings. The molecule has 1 unspecified atom stereocenters. The van der Waals surface area contributed by atoms with Crippen LogP contribution in [-0.4, -0.2) is 12.1 Å². The van der Waals surface area contributed by atoms with Gasteiger partial charge in [0.1, 0.15) is 0 Å². The summed E-state index contributed by atoms with van der Waals surface area (Å²) in [7, 11) is 0. The lowest BCUT2D eigenvalue weighted by Gasteiger charge is -2.22. The fourth-order valence-corrected chi connectivity index (χ4v) is 2.52. The summed E-state index contributed by atoms with van der Waals surface area (Å²) in [5.74, 6) is 0. The third-order valence-corrected chi connectivity index (χ3v) is 3.55. The first-order valence-corrected chi connectivity index (χ1v) is 7.48. The first kappa shape index (κ1) is 15.8. The van der Waals surface area contributed by atoms with E-state index in [4.69, 9.17) is 23.2 Å². The second-order valence-corrected chi connectivity index (χ2v) is 5.94. The normalized spacial score (nSPS) is 13.0. The van der Waals surface area contributed by atoms with E-state index < -0.39 is 0 Å². The maximum absolute atomic E-state index is 6.22. The molecule has 1 atom stereocenters. The van der Waals surface area contributed by atoms with Crippen molar-refractivity contribution in [3.8, 4) is 0 Å². The number of halogens is 2. The average molecular weight is 288 g/mol. The van der Waals surface area contributed by atoms with Gasteiger partial charge in [-0.25, -0.2) is 0 Å². The molecule has 0 aliphatic rings. The van der Waals surface area contributed by atoms with Crippen molar-refractivity contribution >= 4 is 23.2 Å². The summed E-state index contributed by atoms with van der Waals surface area (Å²) < 4.78 is 0. The van der Waals surface area contributed by atoms with Crippen molar-refractivity contribution in [2.45, 2.75) is 58.5 Å². The van der Waals surface area contributed by atoms with Crippen LogP contribution in [0.4, 0.5) is 0 Å². The lowest BCUT2D eigenvalue weighted by Crippen LogP contribution is -2.36. The maximum atomic E-state index is 6.22. The Morgan fingerprint density at radius 1 is 1.22 bits per heavy atom. The van der Waals surface area contributed by atoms with Gasteiger partial charge >= 0.3 is 0 Å². The predicted molar refractivity (Wildman–Crippen MR) is 81.8 cm³/mol. The second kappa shape index (κ2) is 8.04. The molecule has 18 heavy (non-hydrogen) atoms. The van der Waals surface area contributed by atoms with Crippen LogP contribution in [-0.2, 0) is 6.42 Å². The van der Waals surface area contributed by atoms with E-state index >= 15 is 0 Å². The van der Waals surface area contributed by atoms with Crippen LogP contribution in [0.15, 0.2) is 18.2 Å². The lowest BCUT2D eigenvalue weighted by molar-refractivity contribution is 0.425. The van der Waals surface area contributed by atoms with E-state index in [1.807, 2.05) is 18.2 Å². The minimum Gasteiger partial charge on any atom is -0.311 e. The van der Waals surface area contributed by atoms with Crippen LogP contribution in [0.1, 0.15) is 45.6 Å². The van der Waals surface area contributed by atoms with Crippen molar-refractivity contribution in [2.24, 2.45) is 0 Å². The van der Waals surface area contributed by atoms with Crippen molar-refractivity contribution in [3.05, 3.63) is 33.8 Å². The van der Waals surface area contributed by atoms with Crippen molar-refractivity contribution in [1.82, 2.24) is 5.32 Å². The molecule has 0 amide bonds. The summed E-state index contributed by atoms with van der Waals surface area (Å²) >= 11 is 12.3. The Hall–Kier alpha value is -0.240. The molecule has 1 N–H and O–H groups in total. The van der Waals surface area contributed by atoms with Crippen LogP contribution in [0.25, 0.3) is 0 Å². The van der Waals surface area contributed by atoms with Crippen LogP contribution in [0, 0.1) is 0 Å². The number of hydrogen-bond donors (Lipinski definition) is 1. The van der Waals surface area contributed by atoms with Gasteiger partial charge in [-0.05, 0) is 36.6 Å². The molecular weight excluding hydrogens is 265 g/mol. The molecule has 0 radical (unpaired) electrons. The zero-order valence-electron chi connectivity index (χ0n) is 11.5. The number of benzene rings is 1. The first-order chi connectivity index (χ1) is 8.52. The molecule has 0 saturated heterocycles. The fourth-order valence-electron chi connectivity index (χ4n) is 2.13. The molecule has 1 rings (SSSR count). The minimum atomic E-state index is 0.473. The fraction of sp³-hybridized carbons (Fsp3) is 0.600. The Kier molecular flexibility index (Phi) is 7.06. The number of nitrogens with one attached hydrogen (secondary N) is 1. The standard InChI is InChI=1S/C15H23Cl2N/c1-4-5-6-14(18-11(2)3)10-12-9-13(16)7-8-15(12)17/h7-9,11,14,18H,4-6,10H2,1-3H3. The van der Waals surface area contributed by atoms with Crippen molar-refractivity contribution in [2.75, 3.05) is 0 Å². The maximum Gasteiger partial charge on any atom is 0.0439 e. The number of hydrogen-bond acceptors (Lipinski definition) is 1. The topological polar surface area (TPSA) is 12.0 Å². The predicted octanol–water partition coefficient (Wildman–Crippen LogP) is 5.09. The summed E-state index contributed by atoms with van der Waals surface area (Å²) in [6.45, 7) is 6.58. The zero-order valence-corrected chi connectivity index (χ0v) is 13.0. The van der Waals surface area contributed by atoms with Gasteiger partial charge < -0.3 is 5.32 Å². The Morgan fingerprint density at radius 2 is 1.94 bits per heavy atom. The molecule has 0 aromatic heterocycles. The molecule has 0 fully saturated rings. The van der Waals surface area contributed by atoms with E-state index in [1.165, 1.54) is 19.3 Å². The van der Waals surface area contributed by atoms with Crippen molar-refractivity contribution in [1.29, 1.82) is 0 Å². The van der Waals surface area contributed by atoms with Gasteiger partial charge in [-0.15, -0.1) is 0 Å². The molecule has 0 aliphatic carbocycles. The first-order valence-electron chi connectivity index (χ1n) is 6.73. The smallest absolute Gasteiger partial charge is 0.0439 e. The Bertz CT molecular complexity index is 364. The van der Waals surface area contributed by atoms with E-state index in [-0.39, 0.29) is 0 Å². The molecule has 0 saturated carbocycles.